The summed E-state index contributed by atoms with van der Waals surface area (Å²) in [5, 5.41) is -0.0765. The lowest BCUT2D eigenvalue weighted by atomic mass is 9.96. The Bertz CT molecular complexity index is 289. The molecule has 0 bridgehead atoms. The van der Waals surface area contributed by atoms with E-state index in [0.29, 0.717) is 0 Å². The van der Waals surface area contributed by atoms with Crippen molar-refractivity contribution in [3.05, 3.63) is 0 Å². The van der Waals surface area contributed by atoms with Gasteiger partial charge in [-0.05, 0) is 6.92 Å². The molecule has 0 spiro atoms. The first kappa shape index (κ1) is 15.1. The number of Topliss-reactive ketones (excluding diaryl/α,β-unsaturated/α-hetero) is 1. The van der Waals surface area contributed by atoms with E-state index >= 15 is 0 Å². The fourth-order valence-electron chi connectivity index (χ4n) is 1.23. The Morgan fingerprint density at radius 2 is 1.81 bits per heavy atom. The number of ether oxygens (including phenoxy) is 2. The lowest BCUT2D eigenvalue weighted by Gasteiger charge is -2.27. The topological polar surface area (TPSA) is 69.7 Å². The number of halogens is 1. The molecule has 0 saturated heterocycles. The smallest absolute Gasteiger partial charge is 0.358 e. The van der Waals surface area contributed by atoms with Gasteiger partial charge in [-0.1, -0.05) is 22.9 Å². The summed E-state index contributed by atoms with van der Waals surface area (Å²) >= 11 is 2.95. The third-order valence-corrected chi connectivity index (χ3v) is 2.50. The van der Waals surface area contributed by atoms with Crippen molar-refractivity contribution in [2.24, 2.45) is 0 Å². The molecule has 0 heterocycles. The zero-order chi connectivity index (χ0) is 12.8. The minimum atomic E-state index is -1.81. The van der Waals surface area contributed by atoms with E-state index in [2.05, 4.69) is 15.9 Å². The molecule has 0 aliphatic heterocycles. The maximum absolute atomic E-state index is 11.7. The zero-order valence-electron chi connectivity index (χ0n) is 9.54. The van der Waals surface area contributed by atoms with Gasteiger partial charge in [0, 0.05) is 13.3 Å². The lowest BCUT2D eigenvalue weighted by molar-refractivity contribution is -0.184. The summed E-state index contributed by atoms with van der Waals surface area (Å²) in [7, 11) is 0. The van der Waals surface area contributed by atoms with Gasteiger partial charge in [-0.15, -0.1) is 0 Å². The fraction of sp³-hybridized carbons (Fsp3) is 0.700. The fourth-order valence-corrected chi connectivity index (χ4v) is 1.68. The molecule has 92 valence electrons. The maximum atomic E-state index is 11.7. The molecule has 0 aromatic rings. The van der Waals surface area contributed by atoms with Crippen LogP contribution in [0.15, 0.2) is 0 Å². The quantitative estimate of drug-likeness (QED) is 0.419. The second kappa shape index (κ2) is 6.62. The summed E-state index contributed by atoms with van der Waals surface area (Å²) in [6.07, 6.45) is 0.0514. The van der Waals surface area contributed by atoms with Crippen molar-refractivity contribution < 1.29 is 23.9 Å². The van der Waals surface area contributed by atoms with E-state index in [1.807, 2.05) is 0 Å². The van der Waals surface area contributed by atoms with Gasteiger partial charge in [-0.3, -0.25) is 9.59 Å². The number of esters is 2. The minimum absolute atomic E-state index is 0.0514. The highest BCUT2D eigenvalue weighted by Crippen LogP contribution is 2.21. The average Bonchev–Trinajstić information content (AvgIpc) is 2.24. The maximum Gasteiger partial charge on any atom is 0.358 e. The summed E-state index contributed by atoms with van der Waals surface area (Å²) < 4.78 is 9.63. The van der Waals surface area contributed by atoms with Crippen LogP contribution in [0.2, 0.25) is 0 Å². The summed E-state index contributed by atoms with van der Waals surface area (Å²) in [6.45, 7) is 4.47. The van der Waals surface area contributed by atoms with Crippen LogP contribution in [-0.4, -0.2) is 35.3 Å². The third kappa shape index (κ3) is 3.30. The molecule has 0 N–H and O–H groups in total. The van der Waals surface area contributed by atoms with Gasteiger partial charge in [-0.25, -0.2) is 4.79 Å². The number of carbonyl (C=O) groups is 3. The Morgan fingerprint density at radius 1 is 1.25 bits per heavy atom. The first-order valence-corrected chi connectivity index (χ1v) is 6.02. The first-order valence-electron chi connectivity index (χ1n) is 4.90. The number of carbonyl (C=O) groups excluding carboxylic acids is 3. The van der Waals surface area contributed by atoms with Crippen molar-refractivity contribution >= 4 is 33.7 Å². The van der Waals surface area contributed by atoms with Crippen LogP contribution in [0, 0.1) is 0 Å². The summed E-state index contributed by atoms with van der Waals surface area (Å²) in [4.78, 5) is 34.3. The van der Waals surface area contributed by atoms with Gasteiger partial charge in [-0.2, -0.15) is 0 Å². The number of rotatable bonds is 6. The molecule has 0 saturated carbocycles. The van der Waals surface area contributed by atoms with E-state index in [1.165, 1.54) is 0 Å². The predicted octanol–water partition coefficient (Wildman–Crippen LogP) is 1.23. The van der Waals surface area contributed by atoms with Gasteiger partial charge < -0.3 is 9.47 Å². The SMILES string of the molecule is CCOC(=O)C(CC)(OC(C)=O)C(=O)CBr. The molecule has 0 aromatic carbocycles. The van der Waals surface area contributed by atoms with Crippen LogP contribution >= 0.6 is 15.9 Å². The minimum Gasteiger partial charge on any atom is -0.463 e. The molecule has 0 aliphatic rings. The molecule has 5 nitrogen and oxygen atoms in total. The van der Waals surface area contributed by atoms with E-state index in [0.717, 1.165) is 6.92 Å². The van der Waals surface area contributed by atoms with Crippen molar-refractivity contribution in [2.75, 3.05) is 11.9 Å². The molecule has 0 amide bonds. The van der Waals surface area contributed by atoms with Crippen LogP contribution in [0.5, 0.6) is 0 Å². The van der Waals surface area contributed by atoms with Gasteiger partial charge in [0.1, 0.15) is 0 Å². The Balaban J connectivity index is 5.18. The van der Waals surface area contributed by atoms with Gasteiger partial charge in [0.25, 0.3) is 5.60 Å². The molecule has 1 unspecified atom stereocenters. The standard InChI is InChI=1S/C10H15BrO5/c1-4-10(8(13)6-11,16-7(3)12)9(14)15-5-2/h4-6H2,1-3H3. The number of alkyl halides is 1. The summed E-state index contributed by atoms with van der Waals surface area (Å²) in [5.74, 6) is -2.04. The normalized spacial score (nSPS) is 13.8. The Morgan fingerprint density at radius 3 is 2.12 bits per heavy atom. The molecule has 0 aliphatic carbocycles. The van der Waals surface area contributed by atoms with Gasteiger partial charge >= 0.3 is 11.9 Å². The van der Waals surface area contributed by atoms with Crippen molar-refractivity contribution in [3.63, 3.8) is 0 Å². The van der Waals surface area contributed by atoms with Crippen molar-refractivity contribution in [1.29, 1.82) is 0 Å². The molecule has 0 radical (unpaired) electrons. The molecule has 0 rings (SSSR count). The van der Waals surface area contributed by atoms with Crippen LogP contribution < -0.4 is 0 Å². The average molecular weight is 295 g/mol. The van der Waals surface area contributed by atoms with Gasteiger partial charge in [0.15, 0.2) is 5.78 Å². The lowest BCUT2D eigenvalue weighted by Crippen LogP contribution is -2.51. The Hall–Kier alpha value is -0.910. The van der Waals surface area contributed by atoms with Crippen molar-refractivity contribution in [2.45, 2.75) is 32.8 Å². The number of hydrogen-bond acceptors (Lipinski definition) is 5. The van der Waals surface area contributed by atoms with Crippen LogP contribution in [0.3, 0.4) is 0 Å². The molecule has 0 aromatic heterocycles. The van der Waals surface area contributed by atoms with Crippen LogP contribution in [-0.2, 0) is 23.9 Å². The van der Waals surface area contributed by atoms with Crippen molar-refractivity contribution in [3.8, 4) is 0 Å². The largest absolute Gasteiger partial charge is 0.463 e. The second-order valence-corrected chi connectivity index (χ2v) is 3.61. The number of ketones is 1. The van der Waals surface area contributed by atoms with E-state index in [9.17, 15) is 14.4 Å². The monoisotopic (exact) mass is 294 g/mol. The highest BCUT2D eigenvalue weighted by Gasteiger charge is 2.48. The molecule has 16 heavy (non-hydrogen) atoms. The van der Waals surface area contributed by atoms with E-state index < -0.39 is 23.3 Å². The Labute approximate surface area is 103 Å². The molecule has 6 heteroatoms. The summed E-state index contributed by atoms with van der Waals surface area (Å²) in [6, 6.07) is 0. The molecular formula is C10H15BrO5. The Kier molecular flexibility index (Phi) is 6.25. The third-order valence-electron chi connectivity index (χ3n) is 1.99. The zero-order valence-corrected chi connectivity index (χ0v) is 11.1. The molecule has 0 fully saturated rings. The van der Waals surface area contributed by atoms with Crippen LogP contribution in [0.25, 0.3) is 0 Å². The van der Waals surface area contributed by atoms with Crippen LogP contribution in [0.1, 0.15) is 27.2 Å². The van der Waals surface area contributed by atoms with Gasteiger partial charge in [0.05, 0.1) is 11.9 Å². The second-order valence-electron chi connectivity index (χ2n) is 3.05. The highest BCUT2D eigenvalue weighted by molar-refractivity contribution is 9.09. The van der Waals surface area contributed by atoms with E-state index in [-0.39, 0.29) is 18.4 Å². The first-order chi connectivity index (χ1) is 7.44. The molecular weight excluding hydrogens is 280 g/mol. The van der Waals surface area contributed by atoms with Crippen molar-refractivity contribution in [1.82, 2.24) is 0 Å². The number of hydrogen-bond donors (Lipinski definition) is 0. The van der Waals surface area contributed by atoms with Gasteiger partial charge in [0.2, 0.25) is 0 Å². The highest BCUT2D eigenvalue weighted by atomic mass is 79.9. The van der Waals surface area contributed by atoms with Crippen LogP contribution in [0.4, 0.5) is 0 Å². The predicted molar refractivity (Wildman–Crippen MR) is 60.2 cm³/mol. The van der Waals surface area contributed by atoms with E-state index in [4.69, 9.17) is 9.47 Å². The molecule has 1 atom stereocenters. The summed E-state index contributed by atoms with van der Waals surface area (Å²) in [5.41, 5.74) is -1.81. The van der Waals surface area contributed by atoms with E-state index in [1.54, 1.807) is 13.8 Å².